The van der Waals surface area contributed by atoms with Crippen molar-refractivity contribution < 1.29 is 14.3 Å². The number of carbonyl (C=O) groups is 1. The Labute approximate surface area is 144 Å². The van der Waals surface area contributed by atoms with Crippen LogP contribution in [0.25, 0.3) is 22.6 Å². The Morgan fingerprint density at radius 1 is 1.08 bits per heavy atom. The van der Waals surface area contributed by atoms with Crippen molar-refractivity contribution in [1.29, 1.82) is 0 Å². The molecule has 1 atom stereocenters. The lowest BCUT2D eigenvalue weighted by Gasteiger charge is -2.16. The number of aliphatic hydroxyl groups is 1. The number of aliphatic hydroxyl groups excluding tert-OH is 1. The summed E-state index contributed by atoms with van der Waals surface area (Å²) >= 11 is 0. The lowest BCUT2D eigenvalue weighted by molar-refractivity contribution is -0.125. The smallest absolute Gasteiger partial charge is 0.407 e. The Hall–Kier alpha value is -3.12. The maximum absolute atomic E-state index is 12.5. The summed E-state index contributed by atoms with van der Waals surface area (Å²) in [5.74, 6) is -0.804. The second-order valence-corrected chi connectivity index (χ2v) is 5.46. The zero-order chi connectivity index (χ0) is 17.8. The van der Waals surface area contributed by atoms with Crippen molar-refractivity contribution >= 4 is 5.91 Å². The van der Waals surface area contributed by atoms with Crippen molar-refractivity contribution in [2.75, 3.05) is 13.7 Å². The minimum absolute atomic E-state index is 0.360. The molecule has 1 heterocycles. The first-order chi connectivity index (χ1) is 12.2. The van der Waals surface area contributed by atoms with Gasteiger partial charge < -0.3 is 14.8 Å². The van der Waals surface area contributed by atoms with Crippen molar-refractivity contribution in [3.63, 3.8) is 0 Å². The topological polar surface area (TPSA) is 84.5 Å². The molecule has 0 spiro atoms. The van der Waals surface area contributed by atoms with Gasteiger partial charge in [0.05, 0.1) is 12.3 Å². The third-order valence-corrected chi connectivity index (χ3v) is 3.96. The minimum atomic E-state index is -1.08. The van der Waals surface area contributed by atoms with Crippen LogP contribution in [0, 0.1) is 0 Å². The van der Waals surface area contributed by atoms with Crippen LogP contribution in [0.1, 0.15) is 6.04 Å². The largest absolute Gasteiger partial charge is 0.420 e. The molecule has 6 nitrogen and oxygen atoms in total. The molecule has 0 aliphatic heterocycles. The number of benzene rings is 2. The molecule has 0 aliphatic carbocycles. The molecule has 128 valence electrons. The summed E-state index contributed by atoms with van der Waals surface area (Å²) in [6.07, 6.45) is 0. The highest BCUT2D eigenvalue weighted by atomic mass is 16.4. The van der Waals surface area contributed by atoms with Gasteiger partial charge in [0.25, 0.3) is 0 Å². The molecule has 0 radical (unpaired) electrons. The van der Waals surface area contributed by atoms with E-state index in [2.05, 4.69) is 5.32 Å². The van der Waals surface area contributed by atoms with Crippen molar-refractivity contribution in [2.24, 2.45) is 0 Å². The van der Waals surface area contributed by atoms with Crippen LogP contribution >= 0.6 is 0 Å². The first kappa shape index (κ1) is 16.7. The summed E-state index contributed by atoms with van der Waals surface area (Å²) in [5.41, 5.74) is 1.89. The van der Waals surface area contributed by atoms with E-state index in [9.17, 15) is 14.7 Å². The van der Waals surface area contributed by atoms with E-state index in [-0.39, 0.29) is 0 Å². The van der Waals surface area contributed by atoms with Gasteiger partial charge in [0.2, 0.25) is 5.91 Å². The summed E-state index contributed by atoms with van der Waals surface area (Å²) in [4.78, 5) is 24.7. The molecule has 1 amide bonds. The number of hydrogen-bond acceptors (Lipinski definition) is 4. The maximum atomic E-state index is 12.5. The fourth-order valence-corrected chi connectivity index (χ4v) is 2.77. The number of rotatable bonds is 5. The molecule has 0 saturated heterocycles. The Morgan fingerprint density at radius 2 is 1.64 bits per heavy atom. The monoisotopic (exact) mass is 338 g/mol. The normalized spacial score (nSPS) is 11.9. The van der Waals surface area contributed by atoms with Gasteiger partial charge in [0.15, 0.2) is 5.76 Å². The zero-order valence-corrected chi connectivity index (χ0v) is 13.7. The summed E-state index contributed by atoms with van der Waals surface area (Å²) in [6, 6.07) is 17.3. The van der Waals surface area contributed by atoms with Gasteiger partial charge in [-0.25, -0.2) is 4.79 Å². The summed E-state index contributed by atoms with van der Waals surface area (Å²) in [6.45, 7) is -0.521. The quantitative estimate of drug-likeness (QED) is 0.746. The molecule has 1 aromatic heterocycles. The van der Waals surface area contributed by atoms with Crippen LogP contribution < -0.4 is 11.1 Å². The van der Waals surface area contributed by atoms with Crippen LogP contribution in [-0.4, -0.2) is 29.2 Å². The number of hydrogen-bond donors (Lipinski definition) is 2. The number of likely N-dealkylation sites (N-methyl/N-ethyl adjacent to an activating group) is 1. The fraction of sp³-hybridized carbons (Fsp3) is 0.158. The van der Waals surface area contributed by atoms with E-state index in [0.29, 0.717) is 17.0 Å². The number of nitrogens with one attached hydrogen (secondary N) is 1. The van der Waals surface area contributed by atoms with Crippen LogP contribution in [0.4, 0.5) is 0 Å². The van der Waals surface area contributed by atoms with E-state index in [1.807, 2.05) is 60.7 Å². The van der Waals surface area contributed by atoms with E-state index in [1.54, 1.807) is 0 Å². The zero-order valence-electron chi connectivity index (χ0n) is 13.7. The summed E-state index contributed by atoms with van der Waals surface area (Å²) in [5, 5.41) is 12.2. The third-order valence-electron chi connectivity index (χ3n) is 3.96. The molecular weight excluding hydrogens is 320 g/mol. The van der Waals surface area contributed by atoms with E-state index < -0.39 is 24.3 Å². The first-order valence-electron chi connectivity index (χ1n) is 7.86. The van der Waals surface area contributed by atoms with Gasteiger partial charge in [0, 0.05) is 18.2 Å². The van der Waals surface area contributed by atoms with Crippen LogP contribution in [0.3, 0.4) is 0 Å². The summed E-state index contributed by atoms with van der Waals surface area (Å²) in [7, 11) is 1.45. The Kier molecular flexibility index (Phi) is 4.81. The molecular formula is C19H18N2O4. The van der Waals surface area contributed by atoms with Crippen LogP contribution in [0.2, 0.25) is 0 Å². The average molecular weight is 338 g/mol. The molecule has 25 heavy (non-hydrogen) atoms. The van der Waals surface area contributed by atoms with Gasteiger partial charge in [-0.15, -0.1) is 0 Å². The molecule has 3 aromatic rings. The number of amides is 1. The molecule has 3 rings (SSSR count). The number of oxazole rings is 1. The second kappa shape index (κ2) is 7.19. The highest BCUT2D eigenvalue weighted by molar-refractivity contribution is 5.83. The van der Waals surface area contributed by atoms with Gasteiger partial charge in [-0.2, -0.15) is 0 Å². The van der Waals surface area contributed by atoms with Crippen molar-refractivity contribution in [3.8, 4) is 22.6 Å². The SMILES string of the molecule is CNC(=O)C(CO)n1c(-c2ccccc2)c(-c2ccccc2)oc1=O. The summed E-state index contributed by atoms with van der Waals surface area (Å²) < 4.78 is 6.68. The highest BCUT2D eigenvalue weighted by Crippen LogP contribution is 2.33. The second-order valence-electron chi connectivity index (χ2n) is 5.46. The van der Waals surface area contributed by atoms with E-state index >= 15 is 0 Å². The van der Waals surface area contributed by atoms with E-state index in [0.717, 1.165) is 5.56 Å². The molecule has 1 unspecified atom stereocenters. The molecule has 0 fully saturated rings. The molecule has 2 N–H and O–H groups in total. The fourth-order valence-electron chi connectivity index (χ4n) is 2.77. The van der Waals surface area contributed by atoms with Gasteiger partial charge in [0.1, 0.15) is 6.04 Å². The minimum Gasteiger partial charge on any atom is -0.407 e. The van der Waals surface area contributed by atoms with E-state index in [4.69, 9.17) is 4.42 Å². The maximum Gasteiger partial charge on any atom is 0.420 e. The average Bonchev–Trinajstić information content (AvgIpc) is 3.01. The lowest BCUT2D eigenvalue weighted by atomic mass is 10.0. The third kappa shape index (κ3) is 3.12. The van der Waals surface area contributed by atoms with Gasteiger partial charge in [-0.3, -0.25) is 9.36 Å². The van der Waals surface area contributed by atoms with E-state index in [1.165, 1.54) is 11.6 Å². The Morgan fingerprint density at radius 3 is 2.16 bits per heavy atom. The van der Waals surface area contributed by atoms with Crippen LogP contribution in [0.5, 0.6) is 0 Å². The van der Waals surface area contributed by atoms with Crippen molar-refractivity contribution in [1.82, 2.24) is 9.88 Å². The Bertz CT molecular complexity index is 914. The molecule has 2 aromatic carbocycles. The predicted molar refractivity (Wildman–Crippen MR) is 94.0 cm³/mol. The van der Waals surface area contributed by atoms with Gasteiger partial charge in [-0.1, -0.05) is 60.7 Å². The lowest BCUT2D eigenvalue weighted by Crippen LogP contribution is -2.36. The molecule has 0 saturated carbocycles. The van der Waals surface area contributed by atoms with Crippen LogP contribution in [-0.2, 0) is 4.79 Å². The van der Waals surface area contributed by atoms with Gasteiger partial charge >= 0.3 is 5.76 Å². The predicted octanol–water partition coefficient (Wildman–Crippen LogP) is 2.05. The number of aromatic nitrogens is 1. The molecule has 0 bridgehead atoms. The highest BCUT2D eigenvalue weighted by Gasteiger charge is 2.28. The molecule has 0 aliphatic rings. The van der Waals surface area contributed by atoms with Crippen molar-refractivity contribution in [3.05, 3.63) is 71.2 Å². The number of carbonyl (C=O) groups excluding carboxylic acids is 1. The first-order valence-corrected chi connectivity index (χ1v) is 7.86. The van der Waals surface area contributed by atoms with Gasteiger partial charge in [-0.05, 0) is 0 Å². The van der Waals surface area contributed by atoms with Crippen LogP contribution in [0.15, 0.2) is 69.9 Å². The molecule has 6 heteroatoms. The Balaban J connectivity index is 2.31. The number of nitrogens with zero attached hydrogens (tertiary/aromatic N) is 1. The standard InChI is InChI=1S/C19H18N2O4/c1-20-18(23)15(12-22)21-16(13-8-4-2-5-9-13)17(25-19(21)24)14-10-6-3-7-11-14/h2-11,15,22H,12H2,1H3,(H,20,23). The van der Waals surface area contributed by atoms with Crippen molar-refractivity contribution in [2.45, 2.75) is 6.04 Å².